The van der Waals surface area contributed by atoms with Gasteiger partial charge in [-0.3, -0.25) is 0 Å². The van der Waals surface area contributed by atoms with E-state index in [2.05, 4.69) is 0 Å². The Labute approximate surface area is 66.1 Å². The van der Waals surface area contributed by atoms with Crippen LogP contribution in [-0.2, 0) is 47.3 Å². The molecule has 0 aliphatic heterocycles. The third kappa shape index (κ3) is 9.13. The first kappa shape index (κ1) is 40.1. The fourth-order valence-corrected chi connectivity index (χ4v) is 0. The van der Waals surface area contributed by atoms with Gasteiger partial charge in [0.2, 0.25) is 0 Å². The zero-order valence-corrected chi connectivity index (χ0v) is 8.95. The molecule has 0 saturated carbocycles. The van der Waals surface area contributed by atoms with Crippen molar-refractivity contribution in [3.63, 3.8) is 0 Å². The minimum atomic E-state index is 0. The van der Waals surface area contributed by atoms with Gasteiger partial charge in [-0.15, -0.1) is 0 Å². The molecule has 20 valence electrons. The second-order valence-corrected chi connectivity index (χ2v) is 0. The fourth-order valence-electron chi connectivity index (χ4n) is 0. The molecule has 0 spiro atoms. The van der Waals surface area contributed by atoms with Crippen LogP contribution in [0.2, 0.25) is 0 Å². The van der Waals surface area contributed by atoms with Crippen molar-refractivity contribution in [1.29, 1.82) is 0 Å². The van der Waals surface area contributed by atoms with Crippen molar-refractivity contribution in [3.05, 3.63) is 0 Å². The summed E-state index contributed by atoms with van der Waals surface area (Å²) in [6.07, 6.45) is 0. The zero-order valence-electron chi connectivity index (χ0n) is 2.49. The van der Waals surface area contributed by atoms with Crippen LogP contribution < -0.4 is 0 Å². The van der Waals surface area contributed by atoms with Crippen LogP contribution in [0.25, 0.3) is 0 Å². The first-order valence-corrected chi connectivity index (χ1v) is 0. The normalized spacial score (nSPS) is 0. The van der Waals surface area contributed by atoms with Crippen molar-refractivity contribution in [2.75, 3.05) is 0 Å². The van der Waals surface area contributed by atoms with E-state index in [0.717, 1.165) is 0 Å². The molecule has 4 heteroatoms. The topological polar surface area (TPSA) is 0 Å². The molecule has 0 N–H and O–H groups in total. The van der Waals surface area contributed by atoms with Gasteiger partial charge in [-0.2, -0.15) is 0 Å². The summed E-state index contributed by atoms with van der Waals surface area (Å²) in [5.41, 5.74) is 0. The molecule has 0 unspecified atom stereocenters. The summed E-state index contributed by atoms with van der Waals surface area (Å²) >= 11 is 0. The molecule has 4 radical (unpaired) electrons. The average molecular weight is 229 g/mol. The molecule has 0 nitrogen and oxygen atoms in total. The van der Waals surface area contributed by atoms with Crippen LogP contribution in [0.4, 0.5) is 0 Å². The van der Waals surface area contributed by atoms with Crippen molar-refractivity contribution in [2.24, 2.45) is 0 Å². The molecule has 4 heavy (non-hydrogen) atoms. The summed E-state index contributed by atoms with van der Waals surface area (Å²) in [4.78, 5) is 0. The molecule has 0 saturated heterocycles. The standard InChI is InChI=1S/B.Mo.H3Si.Zr/h;;1H3;. The van der Waals surface area contributed by atoms with Crippen molar-refractivity contribution in [3.8, 4) is 0 Å². The molecule has 0 aliphatic carbocycles. The number of hydrogen-bond donors (Lipinski definition) is 0. The summed E-state index contributed by atoms with van der Waals surface area (Å²) in [6.45, 7) is 0. The summed E-state index contributed by atoms with van der Waals surface area (Å²) in [7, 11) is 0. The van der Waals surface area contributed by atoms with Crippen LogP contribution in [-0.4, -0.2) is 19.4 Å². The molecule has 0 atom stereocenters. The Morgan fingerprint density at radius 2 is 1.00 bits per heavy atom. The van der Waals surface area contributed by atoms with Gasteiger partial charge in [0.15, 0.2) is 0 Å². The molecule has 0 bridgehead atoms. The maximum atomic E-state index is 0. The van der Waals surface area contributed by atoms with E-state index in [9.17, 15) is 0 Å². The van der Waals surface area contributed by atoms with Gasteiger partial charge in [-0.25, -0.2) is 0 Å². The predicted molar refractivity (Wildman–Crippen MR) is 15.7 cm³/mol. The van der Waals surface area contributed by atoms with Gasteiger partial charge in [0.25, 0.3) is 0 Å². The third-order valence-corrected chi connectivity index (χ3v) is 0. The first-order chi connectivity index (χ1) is 0. The van der Waals surface area contributed by atoms with Crippen molar-refractivity contribution < 1.29 is 47.3 Å². The minimum Gasteiger partial charge on any atom is -0.0125 e. The predicted octanol–water partition coefficient (Wildman–Crippen LogP) is -1.57. The summed E-state index contributed by atoms with van der Waals surface area (Å²) in [5, 5.41) is 0. The maximum absolute atomic E-state index is 0. The molecular weight excluding hydrogens is 226 g/mol. The summed E-state index contributed by atoms with van der Waals surface area (Å²) < 4.78 is 0. The van der Waals surface area contributed by atoms with E-state index < -0.39 is 0 Å². The van der Waals surface area contributed by atoms with Crippen LogP contribution in [0.3, 0.4) is 0 Å². The molecule has 0 rings (SSSR count). The Hall–Kier alpha value is 1.85. The Morgan fingerprint density at radius 1 is 1.00 bits per heavy atom. The van der Waals surface area contributed by atoms with E-state index >= 15 is 0 Å². The molecule has 0 aliphatic rings. The Kier molecular flexibility index (Phi) is 211. The maximum Gasteiger partial charge on any atom is 0 e. The fraction of sp³-hybridized carbons (Fsp3) is 0. The molecule has 0 aromatic heterocycles. The van der Waals surface area contributed by atoms with Gasteiger partial charge >= 0.3 is 0 Å². The van der Waals surface area contributed by atoms with E-state index in [1.165, 1.54) is 0 Å². The molecule has 0 fully saturated rings. The van der Waals surface area contributed by atoms with E-state index in [-0.39, 0.29) is 66.6 Å². The SMILES string of the molecule is [B].[Mo].[SiH3].[Zr]. The molecule has 0 amide bonds. The molecule has 0 aromatic rings. The van der Waals surface area contributed by atoms with Gasteiger partial charge < -0.3 is 0 Å². The quantitative estimate of drug-likeness (QED) is 0.440. The Balaban J connectivity index is 0. The van der Waals surface area contributed by atoms with Gasteiger partial charge in [-0.05, 0) is 11.0 Å². The summed E-state index contributed by atoms with van der Waals surface area (Å²) in [6, 6.07) is 0. The number of rotatable bonds is 0. The van der Waals surface area contributed by atoms with Gasteiger partial charge in [-0.1, -0.05) is 0 Å². The number of hydrogen-bond acceptors (Lipinski definition) is 0. The van der Waals surface area contributed by atoms with Crippen molar-refractivity contribution in [2.45, 2.75) is 0 Å². The largest absolute Gasteiger partial charge is 0.0125 e. The van der Waals surface area contributed by atoms with Crippen LogP contribution in [0.5, 0.6) is 0 Å². The van der Waals surface area contributed by atoms with Gasteiger partial charge in [0, 0.05) is 55.7 Å². The van der Waals surface area contributed by atoms with E-state index in [4.69, 9.17) is 0 Å². The van der Waals surface area contributed by atoms with Crippen molar-refractivity contribution >= 4 is 19.4 Å². The minimum absolute atomic E-state index is 0. The van der Waals surface area contributed by atoms with Gasteiger partial charge in [0.05, 0.1) is 0 Å². The second-order valence-electron chi connectivity index (χ2n) is 0. The van der Waals surface area contributed by atoms with Crippen molar-refractivity contribution in [1.82, 2.24) is 0 Å². The average Bonchev–Trinajstić information content (AvgIpc) is 0. The smallest absolute Gasteiger partial charge is 0 e. The molecular formula is H3BMoSiZr. The second kappa shape index (κ2) is 21.0. The summed E-state index contributed by atoms with van der Waals surface area (Å²) in [5.74, 6) is 0. The Morgan fingerprint density at radius 3 is 1.00 bits per heavy atom. The van der Waals surface area contributed by atoms with Gasteiger partial charge in [0.1, 0.15) is 0 Å². The van der Waals surface area contributed by atoms with Crippen LogP contribution >= 0.6 is 0 Å². The van der Waals surface area contributed by atoms with E-state index in [1.54, 1.807) is 0 Å². The Bertz CT molecular complexity index is 8.00. The molecule has 0 heterocycles. The first-order valence-electron chi connectivity index (χ1n) is 0. The van der Waals surface area contributed by atoms with Crippen LogP contribution in [0.1, 0.15) is 0 Å². The molecule has 0 aromatic carbocycles. The van der Waals surface area contributed by atoms with E-state index in [0.29, 0.717) is 0 Å². The van der Waals surface area contributed by atoms with E-state index in [1.807, 2.05) is 0 Å². The third-order valence-electron chi connectivity index (χ3n) is 0. The zero-order chi connectivity index (χ0) is 0. The van der Waals surface area contributed by atoms with Crippen LogP contribution in [0.15, 0.2) is 0 Å². The monoisotopic (exact) mass is 230 g/mol. The van der Waals surface area contributed by atoms with Crippen LogP contribution in [0, 0.1) is 0 Å².